The summed E-state index contributed by atoms with van der Waals surface area (Å²) in [6.45, 7) is 12.6. The van der Waals surface area contributed by atoms with Crippen molar-refractivity contribution >= 4 is 0 Å². The molecule has 1 aromatic rings. The SMILES string of the molecule is CCNC(CC(C)CC(C)(C)C)c1ccccc1. The van der Waals surface area contributed by atoms with Gasteiger partial charge in [0.1, 0.15) is 0 Å². The van der Waals surface area contributed by atoms with Gasteiger partial charge in [0.05, 0.1) is 0 Å². The lowest BCUT2D eigenvalue weighted by atomic mass is 9.82. The Bertz CT molecular complexity index is 323. The van der Waals surface area contributed by atoms with Crippen LogP contribution in [0.5, 0.6) is 0 Å². The molecular formula is C17H29N. The standard InChI is InChI=1S/C17H29N/c1-6-18-16(15-10-8-7-9-11-15)12-14(2)13-17(3,4)5/h7-11,14,16,18H,6,12-13H2,1-5H3. The van der Waals surface area contributed by atoms with Crippen molar-refractivity contribution in [2.24, 2.45) is 11.3 Å². The van der Waals surface area contributed by atoms with Crippen LogP contribution in [0, 0.1) is 11.3 Å². The molecule has 1 N–H and O–H groups in total. The molecule has 0 aliphatic rings. The summed E-state index contributed by atoms with van der Waals surface area (Å²) in [5, 5.41) is 3.62. The molecule has 2 atom stereocenters. The van der Waals surface area contributed by atoms with Crippen molar-refractivity contribution in [1.29, 1.82) is 0 Å². The van der Waals surface area contributed by atoms with Crippen molar-refractivity contribution < 1.29 is 0 Å². The molecule has 1 aromatic carbocycles. The maximum Gasteiger partial charge on any atom is 0.0322 e. The number of nitrogens with one attached hydrogen (secondary N) is 1. The number of hydrogen-bond donors (Lipinski definition) is 1. The summed E-state index contributed by atoms with van der Waals surface area (Å²) in [5.74, 6) is 0.745. The Morgan fingerprint density at radius 2 is 1.72 bits per heavy atom. The van der Waals surface area contributed by atoms with E-state index in [0.29, 0.717) is 11.5 Å². The topological polar surface area (TPSA) is 12.0 Å². The molecule has 0 radical (unpaired) electrons. The van der Waals surface area contributed by atoms with Gasteiger partial charge < -0.3 is 5.32 Å². The lowest BCUT2D eigenvalue weighted by molar-refractivity contribution is 0.276. The van der Waals surface area contributed by atoms with E-state index in [1.165, 1.54) is 18.4 Å². The third-order valence-electron chi connectivity index (χ3n) is 3.25. The lowest BCUT2D eigenvalue weighted by Crippen LogP contribution is -2.24. The number of rotatable bonds is 6. The fourth-order valence-corrected chi connectivity index (χ4v) is 2.80. The van der Waals surface area contributed by atoms with Gasteiger partial charge in [-0.1, -0.05) is 65.0 Å². The van der Waals surface area contributed by atoms with Crippen LogP contribution in [-0.4, -0.2) is 6.54 Å². The van der Waals surface area contributed by atoms with Crippen LogP contribution in [0.15, 0.2) is 30.3 Å². The molecule has 2 unspecified atom stereocenters. The van der Waals surface area contributed by atoms with E-state index >= 15 is 0 Å². The predicted molar refractivity (Wildman–Crippen MR) is 80.7 cm³/mol. The normalized spacial score (nSPS) is 15.4. The van der Waals surface area contributed by atoms with Gasteiger partial charge in [0, 0.05) is 6.04 Å². The van der Waals surface area contributed by atoms with Crippen LogP contribution in [0.3, 0.4) is 0 Å². The van der Waals surface area contributed by atoms with Gasteiger partial charge in [-0.3, -0.25) is 0 Å². The van der Waals surface area contributed by atoms with Crippen molar-refractivity contribution in [2.75, 3.05) is 6.54 Å². The quantitative estimate of drug-likeness (QED) is 0.761. The minimum Gasteiger partial charge on any atom is -0.310 e. The van der Waals surface area contributed by atoms with Gasteiger partial charge in [-0.25, -0.2) is 0 Å². The Hall–Kier alpha value is -0.820. The molecule has 0 aliphatic heterocycles. The highest BCUT2D eigenvalue weighted by Gasteiger charge is 2.19. The molecule has 0 spiro atoms. The molecule has 1 nitrogen and oxygen atoms in total. The third kappa shape index (κ3) is 5.68. The highest BCUT2D eigenvalue weighted by atomic mass is 14.9. The van der Waals surface area contributed by atoms with E-state index in [1.807, 2.05) is 0 Å². The van der Waals surface area contributed by atoms with E-state index < -0.39 is 0 Å². The Morgan fingerprint density at radius 1 is 1.11 bits per heavy atom. The Labute approximate surface area is 113 Å². The molecule has 0 heterocycles. The molecule has 1 heteroatoms. The van der Waals surface area contributed by atoms with E-state index in [9.17, 15) is 0 Å². The Balaban J connectivity index is 2.64. The molecule has 102 valence electrons. The summed E-state index contributed by atoms with van der Waals surface area (Å²) >= 11 is 0. The van der Waals surface area contributed by atoms with Crippen LogP contribution in [0.1, 0.15) is 59.1 Å². The van der Waals surface area contributed by atoms with E-state index in [2.05, 4.69) is 70.3 Å². The minimum absolute atomic E-state index is 0.423. The van der Waals surface area contributed by atoms with Gasteiger partial charge >= 0.3 is 0 Å². The minimum atomic E-state index is 0.423. The van der Waals surface area contributed by atoms with Gasteiger partial charge in [0.25, 0.3) is 0 Å². The third-order valence-corrected chi connectivity index (χ3v) is 3.25. The highest BCUT2D eigenvalue weighted by molar-refractivity contribution is 5.18. The van der Waals surface area contributed by atoms with Crippen LogP contribution < -0.4 is 5.32 Å². The monoisotopic (exact) mass is 247 g/mol. The molecule has 18 heavy (non-hydrogen) atoms. The fourth-order valence-electron chi connectivity index (χ4n) is 2.80. The first-order valence-corrected chi connectivity index (χ1v) is 7.20. The first kappa shape index (κ1) is 15.2. The van der Waals surface area contributed by atoms with Gasteiger partial charge in [-0.05, 0) is 36.3 Å². The van der Waals surface area contributed by atoms with Crippen molar-refractivity contribution in [3.63, 3.8) is 0 Å². The van der Waals surface area contributed by atoms with Gasteiger partial charge in [-0.15, -0.1) is 0 Å². The van der Waals surface area contributed by atoms with Gasteiger partial charge in [-0.2, -0.15) is 0 Å². The Morgan fingerprint density at radius 3 is 2.22 bits per heavy atom. The molecule has 0 aliphatic carbocycles. The summed E-state index contributed by atoms with van der Waals surface area (Å²) in [6.07, 6.45) is 2.50. The van der Waals surface area contributed by atoms with E-state index in [4.69, 9.17) is 0 Å². The summed E-state index contributed by atoms with van der Waals surface area (Å²) in [4.78, 5) is 0. The second-order valence-electron chi connectivity index (χ2n) is 6.63. The highest BCUT2D eigenvalue weighted by Crippen LogP contribution is 2.30. The predicted octanol–water partition coefficient (Wildman–Crippen LogP) is 4.80. The summed E-state index contributed by atoms with van der Waals surface area (Å²) in [5.41, 5.74) is 1.84. The summed E-state index contributed by atoms with van der Waals surface area (Å²) < 4.78 is 0. The van der Waals surface area contributed by atoms with Gasteiger partial charge in [0.2, 0.25) is 0 Å². The molecule has 1 rings (SSSR count). The van der Waals surface area contributed by atoms with Crippen molar-refractivity contribution in [2.45, 2.75) is 53.5 Å². The summed E-state index contributed by atoms with van der Waals surface area (Å²) in [7, 11) is 0. The average molecular weight is 247 g/mol. The lowest BCUT2D eigenvalue weighted by Gasteiger charge is -2.27. The molecule has 0 amide bonds. The van der Waals surface area contributed by atoms with Crippen molar-refractivity contribution in [3.05, 3.63) is 35.9 Å². The average Bonchev–Trinajstić information content (AvgIpc) is 2.27. The molecule has 0 aromatic heterocycles. The van der Waals surface area contributed by atoms with Crippen molar-refractivity contribution in [3.8, 4) is 0 Å². The van der Waals surface area contributed by atoms with Gasteiger partial charge in [0.15, 0.2) is 0 Å². The molecule has 0 fully saturated rings. The number of hydrogen-bond acceptors (Lipinski definition) is 1. The maximum absolute atomic E-state index is 3.62. The number of benzene rings is 1. The van der Waals surface area contributed by atoms with Crippen LogP contribution in [0.4, 0.5) is 0 Å². The largest absolute Gasteiger partial charge is 0.310 e. The molecule has 0 saturated carbocycles. The molecular weight excluding hydrogens is 218 g/mol. The zero-order valence-corrected chi connectivity index (χ0v) is 12.7. The first-order valence-electron chi connectivity index (χ1n) is 7.20. The second-order valence-corrected chi connectivity index (χ2v) is 6.63. The molecule has 0 saturated heterocycles. The van der Waals surface area contributed by atoms with Crippen LogP contribution in [0.2, 0.25) is 0 Å². The zero-order valence-electron chi connectivity index (χ0n) is 12.7. The summed E-state index contributed by atoms with van der Waals surface area (Å²) in [6, 6.07) is 11.3. The smallest absolute Gasteiger partial charge is 0.0322 e. The van der Waals surface area contributed by atoms with E-state index in [1.54, 1.807) is 0 Å². The Kier molecular flexibility index (Phi) is 5.87. The van der Waals surface area contributed by atoms with Crippen molar-refractivity contribution in [1.82, 2.24) is 5.32 Å². The van der Waals surface area contributed by atoms with Crippen LogP contribution in [-0.2, 0) is 0 Å². The first-order chi connectivity index (χ1) is 8.42. The second kappa shape index (κ2) is 6.94. The fraction of sp³-hybridized carbons (Fsp3) is 0.647. The zero-order chi connectivity index (χ0) is 13.6. The van der Waals surface area contributed by atoms with Crippen LogP contribution >= 0.6 is 0 Å². The molecule has 0 bridgehead atoms. The van der Waals surface area contributed by atoms with E-state index in [-0.39, 0.29) is 0 Å². The van der Waals surface area contributed by atoms with Crippen LogP contribution in [0.25, 0.3) is 0 Å². The van der Waals surface area contributed by atoms with E-state index in [0.717, 1.165) is 12.5 Å². The maximum atomic E-state index is 3.62.